The number of aryl methyl sites for hydroxylation is 1. The third-order valence-corrected chi connectivity index (χ3v) is 3.69. The van der Waals surface area contributed by atoms with E-state index >= 15 is 0 Å². The molecule has 0 bridgehead atoms. The quantitative estimate of drug-likeness (QED) is 0.744. The zero-order valence-corrected chi connectivity index (χ0v) is 12.4. The van der Waals surface area contributed by atoms with Crippen molar-refractivity contribution in [3.63, 3.8) is 0 Å². The third-order valence-electron chi connectivity index (χ3n) is 3.69. The lowest BCUT2D eigenvalue weighted by Gasteiger charge is -2.13. The topological polar surface area (TPSA) is 96.2 Å². The Kier molecular flexibility index (Phi) is 3.98. The Morgan fingerprint density at radius 1 is 1.30 bits per heavy atom. The molecule has 0 spiro atoms. The first-order chi connectivity index (χ1) is 10.9. The summed E-state index contributed by atoms with van der Waals surface area (Å²) >= 11 is 0. The lowest BCUT2D eigenvalue weighted by molar-refractivity contribution is -0.138. The van der Waals surface area contributed by atoms with Gasteiger partial charge in [0.1, 0.15) is 17.2 Å². The largest absolute Gasteiger partial charge is 0.508 e. The van der Waals surface area contributed by atoms with Crippen molar-refractivity contribution in [3.8, 4) is 17.2 Å². The number of carboxylic acids is 1. The second kappa shape index (κ2) is 5.94. The maximum atomic E-state index is 10.9. The molecule has 1 atom stereocenters. The first-order valence-electron chi connectivity index (χ1n) is 7.10. The summed E-state index contributed by atoms with van der Waals surface area (Å²) in [7, 11) is -1.18. The molecule has 0 aliphatic carbocycles. The van der Waals surface area contributed by atoms with Crippen LogP contribution in [0.2, 0.25) is 0 Å². The molecular weight excluding hydrogens is 299 g/mol. The Labute approximate surface area is 133 Å². The highest BCUT2D eigenvalue weighted by Crippen LogP contribution is 2.33. The predicted octanol–water partition coefficient (Wildman–Crippen LogP) is 1.73. The van der Waals surface area contributed by atoms with Gasteiger partial charge >= 0.3 is 13.1 Å². The van der Waals surface area contributed by atoms with Gasteiger partial charge < -0.3 is 24.6 Å². The summed E-state index contributed by atoms with van der Waals surface area (Å²) in [4.78, 5) is 10.9. The molecule has 1 aliphatic rings. The van der Waals surface area contributed by atoms with E-state index in [9.17, 15) is 14.9 Å². The van der Waals surface area contributed by atoms with Crippen molar-refractivity contribution >= 4 is 18.6 Å². The highest BCUT2D eigenvalue weighted by molar-refractivity contribution is 6.62. The maximum absolute atomic E-state index is 10.9. The Morgan fingerprint density at radius 2 is 2.09 bits per heavy atom. The number of aromatic hydroxyl groups is 1. The highest BCUT2D eigenvalue weighted by atomic mass is 16.5. The molecule has 118 valence electrons. The number of hydrogen-bond acceptors (Lipinski definition) is 5. The normalized spacial score (nSPS) is 16.3. The van der Waals surface area contributed by atoms with Gasteiger partial charge in [0.15, 0.2) is 0 Å². The predicted molar refractivity (Wildman–Crippen MR) is 83.0 cm³/mol. The summed E-state index contributed by atoms with van der Waals surface area (Å²) in [6.07, 6.45) is -0.884. The van der Waals surface area contributed by atoms with E-state index in [0.29, 0.717) is 22.5 Å². The van der Waals surface area contributed by atoms with Crippen LogP contribution in [0.1, 0.15) is 23.7 Å². The minimum Gasteiger partial charge on any atom is -0.508 e. The van der Waals surface area contributed by atoms with Crippen LogP contribution in [-0.4, -0.2) is 28.3 Å². The molecule has 3 rings (SSSR count). The summed E-state index contributed by atoms with van der Waals surface area (Å²) in [6.45, 7) is 1.81. The number of fused-ring (bicyclic) bond motifs is 1. The molecule has 3 N–H and O–H groups in total. The molecule has 1 unspecified atom stereocenters. The first kappa shape index (κ1) is 15.4. The molecule has 0 radical (unpaired) electrons. The standard InChI is InChI=1S/C16H15BO6/c1-9-5-12(22-11-4-2-3-10(18)6-11)7-13-16(9)14(8-15(19)20)23-17(13)21/h2-7,14,18,21H,8H2,1H3,(H,19,20). The second-order valence-electron chi connectivity index (χ2n) is 5.42. The van der Waals surface area contributed by atoms with E-state index in [4.69, 9.17) is 14.5 Å². The van der Waals surface area contributed by atoms with E-state index in [1.54, 1.807) is 24.3 Å². The number of carbonyl (C=O) groups is 1. The molecule has 6 nitrogen and oxygen atoms in total. The van der Waals surface area contributed by atoms with E-state index in [1.807, 2.05) is 6.92 Å². The van der Waals surface area contributed by atoms with Gasteiger partial charge in [0, 0.05) is 6.07 Å². The number of aliphatic carboxylic acids is 1. The van der Waals surface area contributed by atoms with Crippen LogP contribution in [0.4, 0.5) is 0 Å². The van der Waals surface area contributed by atoms with Crippen molar-refractivity contribution in [2.75, 3.05) is 0 Å². The van der Waals surface area contributed by atoms with Crippen molar-refractivity contribution in [1.29, 1.82) is 0 Å². The molecule has 0 saturated carbocycles. The van der Waals surface area contributed by atoms with Crippen molar-refractivity contribution in [1.82, 2.24) is 0 Å². The maximum Gasteiger partial charge on any atom is 0.492 e. The van der Waals surface area contributed by atoms with Crippen LogP contribution in [0.15, 0.2) is 36.4 Å². The van der Waals surface area contributed by atoms with E-state index in [0.717, 1.165) is 5.56 Å². The minimum absolute atomic E-state index is 0.0882. The number of phenolic OH excluding ortho intramolecular Hbond substituents is 1. The summed E-state index contributed by atoms with van der Waals surface area (Å²) in [5.41, 5.74) is 1.97. The summed E-state index contributed by atoms with van der Waals surface area (Å²) < 4.78 is 11.0. The molecule has 0 fully saturated rings. The van der Waals surface area contributed by atoms with E-state index in [2.05, 4.69) is 0 Å². The fourth-order valence-electron chi connectivity index (χ4n) is 2.78. The summed E-state index contributed by atoms with van der Waals surface area (Å²) in [6, 6.07) is 9.74. The van der Waals surface area contributed by atoms with Crippen LogP contribution in [-0.2, 0) is 9.45 Å². The number of rotatable bonds is 4. The average molecular weight is 314 g/mol. The minimum atomic E-state index is -1.18. The highest BCUT2D eigenvalue weighted by Gasteiger charge is 2.37. The van der Waals surface area contributed by atoms with Crippen molar-refractivity contribution in [2.45, 2.75) is 19.4 Å². The van der Waals surface area contributed by atoms with E-state index < -0.39 is 19.2 Å². The molecule has 1 heterocycles. The van der Waals surface area contributed by atoms with Crippen molar-refractivity contribution < 1.29 is 29.4 Å². The van der Waals surface area contributed by atoms with E-state index in [-0.39, 0.29) is 12.2 Å². The molecule has 2 aromatic rings. The second-order valence-corrected chi connectivity index (χ2v) is 5.42. The molecule has 0 amide bonds. The molecule has 0 aromatic heterocycles. The number of benzene rings is 2. The molecular formula is C16H15BO6. The number of phenols is 1. The van der Waals surface area contributed by atoms with Gasteiger partial charge in [-0.15, -0.1) is 0 Å². The molecule has 0 saturated heterocycles. The van der Waals surface area contributed by atoms with Crippen LogP contribution in [0.25, 0.3) is 0 Å². The van der Waals surface area contributed by atoms with Crippen LogP contribution in [0.5, 0.6) is 17.2 Å². The fourth-order valence-corrected chi connectivity index (χ4v) is 2.78. The Balaban J connectivity index is 1.93. The van der Waals surface area contributed by atoms with Crippen LogP contribution < -0.4 is 10.2 Å². The fraction of sp³-hybridized carbons (Fsp3) is 0.188. The van der Waals surface area contributed by atoms with Gasteiger partial charge in [-0.2, -0.15) is 0 Å². The third kappa shape index (κ3) is 3.15. The smallest absolute Gasteiger partial charge is 0.492 e. The lowest BCUT2D eigenvalue weighted by Crippen LogP contribution is -2.28. The van der Waals surface area contributed by atoms with Crippen LogP contribution in [0, 0.1) is 6.92 Å². The first-order valence-corrected chi connectivity index (χ1v) is 7.10. The lowest BCUT2D eigenvalue weighted by atomic mass is 9.77. The van der Waals surface area contributed by atoms with Crippen LogP contribution in [0.3, 0.4) is 0 Å². The van der Waals surface area contributed by atoms with Gasteiger partial charge in [-0.25, -0.2) is 0 Å². The van der Waals surface area contributed by atoms with Gasteiger partial charge in [0.05, 0.1) is 12.5 Å². The zero-order valence-electron chi connectivity index (χ0n) is 12.4. The number of carboxylic acid groups (broad SMARTS) is 1. The molecule has 23 heavy (non-hydrogen) atoms. The van der Waals surface area contributed by atoms with Gasteiger partial charge in [-0.1, -0.05) is 6.07 Å². The summed E-state index contributed by atoms with van der Waals surface area (Å²) in [5.74, 6) is 0.0325. The molecule has 2 aromatic carbocycles. The van der Waals surface area contributed by atoms with Gasteiger partial charge in [-0.3, -0.25) is 4.79 Å². The molecule has 1 aliphatic heterocycles. The average Bonchev–Trinajstić information content (AvgIpc) is 2.75. The van der Waals surface area contributed by atoms with Crippen molar-refractivity contribution in [2.24, 2.45) is 0 Å². The Bertz CT molecular complexity index is 760. The van der Waals surface area contributed by atoms with E-state index in [1.165, 1.54) is 12.1 Å². The Hall–Kier alpha value is -2.51. The number of hydrogen-bond donors (Lipinski definition) is 3. The SMILES string of the molecule is Cc1cc(Oc2cccc(O)c2)cc2c1C(CC(=O)O)OB2O. The van der Waals surface area contributed by atoms with Gasteiger partial charge in [0.2, 0.25) is 0 Å². The molecule has 7 heteroatoms. The van der Waals surface area contributed by atoms with Gasteiger partial charge in [-0.05, 0) is 47.8 Å². The van der Waals surface area contributed by atoms with Crippen molar-refractivity contribution in [3.05, 3.63) is 47.5 Å². The zero-order chi connectivity index (χ0) is 16.6. The Morgan fingerprint density at radius 3 is 2.78 bits per heavy atom. The monoisotopic (exact) mass is 314 g/mol. The number of ether oxygens (including phenoxy) is 1. The summed E-state index contributed by atoms with van der Waals surface area (Å²) in [5, 5.41) is 28.4. The van der Waals surface area contributed by atoms with Gasteiger partial charge in [0.25, 0.3) is 0 Å². The van der Waals surface area contributed by atoms with Crippen LogP contribution >= 0.6 is 0 Å².